The number of piperazine rings is 1. The summed E-state index contributed by atoms with van der Waals surface area (Å²) in [5, 5.41) is 7.53. The Morgan fingerprint density at radius 1 is 1.11 bits per heavy atom. The fourth-order valence-corrected chi connectivity index (χ4v) is 5.94. The first-order chi connectivity index (χ1) is 17.2. The number of nitrogens with two attached hydrogens (primary N) is 1. The van der Waals surface area contributed by atoms with Crippen LogP contribution in [0.3, 0.4) is 0 Å². The van der Waals surface area contributed by atoms with Crippen molar-refractivity contribution >= 4 is 35.3 Å². The lowest BCUT2D eigenvalue weighted by atomic mass is 10.0. The molecule has 1 aromatic heterocycles. The minimum Gasteiger partial charge on any atom is -0.496 e. The van der Waals surface area contributed by atoms with E-state index in [1.165, 1.54) is 0 Å². The maximum absolute atomic E-state index is 12.9. The van der Waals surface area contributed by atoms with Crippen LogP contribution in [0.2, 0.25) is 0 Å². The Bertz CT molecular complexity index is 1340. The minimum atomic E-state index is -2.52. The zero-order chi connectivity index (χ0) is 25.5. The second-order valence-corrected chi connectivity index (χ2v) is 13.0. The highest BCUT2D eigenvalue weighted by Gasteiger charge is 2.37. The van der Waals surface area contributed by atoms with Crippen LogP contribution in [0.1, 0.15) is 11.3 Å². The van der Waals surface area contributed by atoms with Crippen molar-refractivity contribution in [1.29, 1.82) is 0 Å². The summed E-state index contributed by atoms with van der Waals surface area (Å²) in [4.78, 5) is 12.8. The number of methoxy groups -OCH3 is 1. The topological polar surface area (TPSA) is 111 Å². The molecule has 5 rings (SSSR count). The first-order valence-electron chi connectivity index (χ1n) is 12.1. The first kappa shape index (κ1) is 24.4. The summed E-state index contributed by atoms with van der Waals surface area (Å²) in [6.45, 7) is 7.48. The number of benzene rings is 2. The van der Waals surface area contributed by atoms with Gasteiger partial charge in [0.1, 0.15) is 18.6 Å². The summed E-state index contributed by atoms with van der Waals surface area (Å²) in [5.41, 5.74) is 11.1. The van der Waals surface area contributed by atoms with Crippen LogP contribution in [0.25, 0.3) is 0 Å². The van der Waals surface area contributed by atoms with E-state index in [4.69, 9.17) is 15.5 Å². The van der Waals surface area contributed by atoms with Gasteiger partial charge in [-0.25, -0.2) is 4.99 Å². The van der Waals surface area contributed by atoms with Crippen molar-refractivity contribution in [2.45, 2.75) is 5.79 Å². The molecule has 0 saturated carbocycles. The molecule has 36 heavy (non-hydrogen) atoms. The second-order valence-electron chi connectivity index (χ2n) is 9.79. The van der Waals surface area contributed by atoms with Crippen LogP contribution in [0.15, 0.2) is 59.7 Å². The van der Waals surface area contributed by atoms with Crippen LogP contribution < -0.4 is 31.3 Å². The molecular formula is C26H34N7O2P. The second kappa shape index (κ2) is 9.32. The van der Waals surface area contributed by atoms with Gasteiger partial charge in [0, 0.05) is 49.4 Å². The third kappa shape index (κ3) is 4.62. The van der Waals surface area contributed by atoms with Crippen LogP contribution in [-0.2, 0) is 10.4 Å². The van der Waals surface area contributed by atoms with Gasteiger partial charge in [-0.05, 0) is 50.7 Å². The molecule has 190 valence electrons. The lowest BCUT2D eigenvalue weighted by Crippen LogP contribution is -2.47. The Morgan fingerprint density at radius 3 is 2.58 bits per heavy atom. The van der Waals surface area contributed by atoms with Crippen molar-refractivity contribution in [2.24, 2.45) is 10.7 Å². The van der Waals surface area contributed by atoms with Crippen molar-refractivity contribution in [1.82, 2.24) is 9.88 Å². The number of anilines is 3. The lowest BCUT2D eigenvalue weighted by Gasteiger charge is -2.36. The van der Waals surface area contributed by atoms with E-state index >= 15 is 0 Å². The smallest absolute Gasteiger partial charge is 0.215 e. The van der Waals surface area contributed by atoms with Crippen LogP contribution in [-0.4, -0.2) is 69.4 Å². The Labute approximate surface area is 212 Å². The molecule has 0 aliphatic carbocycles. The molecule has 0 bridgehead atoms. The molecular weight excluding hydrogens is 473 g/mol. The number of H-pyrrole nitrogens is 1. The molecule has 1 unspecified atom stereocenters. The van der Waals surface area contributed by atoms with Crippen molar-refractivity contribution < 1.29 is 9.30 Å². The average molecular weight is 508 g/mol. The Morgan fingerprint density at radius 2 is 1.86 bits per heavy atom. The number of aromatic amines is 1. The van der Waals surface area contributed by atoms with Crippen molar-refractivity contribution in [3.8, 4) is 5.75 Å². The molecule has 2 aliphatic rings. The number of nitrogens with one attached hydrogen (secondary N) is 3. The largest absolute Gasteiger partial charge is 0.496 e. The van der Waals surface area contributed by atoms with E-state index < -0.39 is 12.9 Å². The molecule has 5 N–H and O–H groups in total. The number of fused-ring (bicyclic) bond motifs is 1. The third-order valence-corrected chi connectivity index (χ3v) is 8.35. The summed E-state index contributed by atoms with van der Waals surface area (Å²) >= 11 is 0. The number of aromatic nitrogens is 1. The van der Waals surface area contributed by atoms with Gasteiger partial charge in [0.05, 0.1) is 24.0 Å². The van der Waals surface area contributed by atoms with Gasteiger partial charge < -0.3 is 34.7 Å². The summed E-state index contributed by atoms with van der Waals surface area (Å²) in [7, 11) is 1.27. The first-order valence-corrected chi connectivity index (χ1v) is 14.7. The number of amidine groups is 1. The van der Waals surface area contributed by atoms with Gasteiger partial charge >= 0.3 is 0 Å². The van der Waals surface area contributed by atoms with Gasteiger partial charge in [0.15, 0.2) is 5.84 Å². The number of rotatable bonds is 5. The van der Waals surface area contributed by atoms with Crippen LogP contribution in [0, 0.1) is 0 Å². The highest BCUT2D eigenvalue weighted by atomic mass is 31.2. The van der Waals surface area contributed by atoms with E-state index in [9.17, 15) is 4.57 Å². The van der Waals surface area contributed by atoms with Gasteiger partial charge in [-0.15, -0.1) is 0 Å². The molecule has 1 saturated heterocycles. The molecule has 2 aliphatic heterocycles. The highest BCUT2D eigenvalue weighted by Crippen LogP contribution is 2.40. The van der Waals surface area contributed by atoms with E-state index in [-0.39, 0.29) is 0 Å². The lowest BCUT2D eigenvalue weighted by molar-refractivity contribution is 0.312. The maximum Gasteiger partial charge on any atom is 0.215 e. The zero-order valence-corrected chi connectivity index (χ0v) is 22.1. The Hall–Kier alpha value is -3.26. The normalized spacial score (nSPS) is 20.4. The zero-order valence-electron chi connectivity index (χ0n) is 21.2. The number of ether oxygens (including phenoxy) is 1. The fourth-order valence-electron chi connectivity index (χ4n) is 4.79. The molecule has 0 radical (unpaired) electrons. The number of hydrogen-bond donors (Lipinski definition) is 4. The van der Waals surface area contributed by atoms with E-state index in [0.717, 1.165) is 59.8 Å². The summed E-state index contributed by atoms with van der Waals surface area (Å²) < 4.78 is 18.8. The monoisotopic (exact) mass is 507 g/mol. The number of likely N-dealkylation sites (N-methyl/N-ethyl adjacent to an activating group) is 1. The molecule has 9 nitrogen and oxygen atoms in total. The summed E-state index contributed by atoms with van der Waals surface area (Å²) in [6.07, 6.45) is 1.84. The Balaban J connectivity index is 1.53. The SMILES string of the molecule is COc1cc(N2CCN(C)CC2)ccc1C1(N)N=C(Nc2ccccc2P(C)(C)=O)c2[nH]ccc2N1. The third-order valence-electron chi connectivity index (χ3n) is 6.80. The molecule has 3 aromatic rings. The van der Waals surface area contributed by atoms with Crippen molar-refractivity contribution in [3.05, 3.63) is 66.0 Å². The van der Waals surface area contributed by atoms with Gasteiger partial charge in [-0.1, -0.05) is 12.1 Å². The van der Waals surface area contributed by atoms with Crippen molar-refractivity contribution in [3.63, 3.8) is 0 Å². The maximum atomic E-state index is 12.9. The van der Waals surface area contributed by atoms with Gasteiger partial charge in [0.2, 0.25) is 5.79 Å². The van der Waals surface area contributed by atoms with Crippen molar-refractivity contribution in [2.75, 3.05) is 69.2 Å². The molecule has 0 spiro atoms. The summed E-state index contributed by atoms with van der Waals surface area (Å²) in [5.74, 6) is -0.0569. The van der Waals surface area contributed by atoms with E-state index in [2.05, 4.69) is 38.5 Å². The quantitative estimate of drug-likeness (QED) is 0.393. The molecule has 1 atom stereocenters. The van der Waals surface area contributed by atoms with Gasteiger partial charge in [-0.3, -0.25) is 5.73 Å². The number of nitrogens with zero attached hydrogens (tertiary/aromatic N) is 3. The molecule has 10 heteroatoms. The predicted octanol–water partition coefficient (Wildman–Crippen LogP) is 3.08. The number of para-hydroxylation sites is 1. The molecule has 1 fully saturated rings. The molecule has 0 amide bonds. The molecule has 2 aromatic carbocycles. The number of aliphatic imine (C=N–C) groups is 1. The highest BCUT2D eigenvalue weighted by molar-refractivity contribution is 7.70. The van der Waals surface area contributed by atoms with Crippen LogP contribution in [0.5, 0.6) is 5.75 Å². The number of hydrogen-bond acceptors (Lipinski definition) is 8. The van der Waals surface area contributed by atoms with E-state index in [1.807, 2.05) is 48.7 Å². The Kier molecular flexibility index (Phi) is 6.32. The van der Waals surface area contributed by atoms with Gasteiger partial charge in [0.25, 0.3) is 0 Å². The van der Waals surface area contributed by atoms with E-state index in [1.54, 1.807) is 20.4 Å². The fraction of sp³-hybridized carbons (Fsp3) is 0.346. The standard InChI is InChI=1S/C26H34N7O2P/c1-32-13-15-33(16-14-32)18-9-10-19(22(17-18)35-2)26(27)30-21-11-12-28-24(21)25(31-26)29-20-7-5-6-8-23(20)36(3,4)34/h5-12,17,28,30H,13-16,27H2,1-4H3,(H,29,31). The van der Waals surface area contributed by atoms with Crippen LogP contribution in [0.4, 0.5) is 17.1 Å². The predicted molar refractivity (Wildman–Crippen MR) is 149 cm³/mol. The minimum absolute atomic E-state index is 0.558. The van der Waals surface area contributed by atoms with Crippen LogP contribution >= 0.6 is 7.14 Å². The van der Waals surface area contributed by atoms with E-state index in [0.29, 0.717) is 11.6 Å². The van der Waals surface area contributed by atoms with Gasteiger partial charge in [-0.2, -0.15) is 0 Å². The molecule has 3 heterocycles. The average Bonchev–Trinajstić information content (AvgIpc) is 3.32. The summed E-state index contributed by atoms with van der Waals surface area (Å²) in [6, 6.07) is 15.6.